The molecule has 0 aliphatic rings. The van der Waals surface area contributed by atoms with Crippen LogP contribution in [0, 0.1) is 20.8 Å². The fourth-order valence-electron chi connectivity index (χ4n) is 3.01. The summed E-state index contributed by atoms with van der Waals surface area (Å²) in [6, 6.07) is 10.7. The highest BCUT2D eigenvalue weighted by atomic mass is 15.1. The van der Waals surface area contributed by atoms with Gasteiger partial charge in [-0.05, 0) is 44.9 Å². The number of pyridine rings is 1. The number of nitrogens with zero attached hydrogens (tertiary/aromatic N) is 2. The molecule has 22 heavy (non-hydrogen) atoms. The minimum absolute atomic E-state index is 0.791. The van der Waals surface area contributed by atoms with E-state index in [0.29, 0.717) is 0 Å². The third kappa shape index (κ3) is 2.47. The number of hydrogen-bond acceptors (Lipinski definition) is 2. The summed E-state index contributed by atoms with van der Waals surface area (Å²) in [5, 5.41) is 4.80. The van der Waals surface area contributed by atoms with Gasteiger partial charge in [0.15, 0.2) is 5.82 Å². The van der Waals surface area contributed by atoms with Crippen molar-refractivity contribution < 1.29 is 0 Å². The second kappa shape index (κ2) is 5.84. The lowest BCUT2D eigenvalue weighted by Crippen LogP contribution is -2.05. The first-order valence-corrected chi connectivity index (χ1v) is 7.85. The van der Waals surface area contributed by atoms with E-state index in [-0.39, 0.29) is 0 Å². The average molecular weight is 293 g/mol. The summed E-state index contributed by atoms with van der Waals surface area (Å²) in [6.07, 6.45) is 1.90. The molecule has 0 aliphatic heterocycles. The van der Waals surface area contributed by atoms with Crippen LogP contribution < -0.4 is 5.32 Å². The van der Waals surface area contributed by atoms with Crippen molar-refractivity contribution >= 4 is 16.7 Å². The minimum Gasteiger partial charge on any atom is -0.364 e. The second-order valence-electron chi connectivity index (χ2n) is 5.85. The number of hydrogen-bond donors (Lipinski definition) is 1. The average Bonchev–Trinajstić information content (AvgIpc) is 2.79. The summed E-state index contributed by atoms with van der Waals surface area (Å²) in [4.78, 5) is 4.57. The maximum atomic E-state index is 4.57. The van der Waals surface area contributed by atoms with Crippen molar-refractivity contribution in [3.63, 3.8) is 0 Å². The Morgan fingerprint density at radius 3 is 2.45 bits per heavy atom. The van der Waals surface area contributed by atoms with E-state index in [9.17, 15) is 0 Å². The predicted octanol–water partition coefficient (Wildman–Crippen LogP) is 4.59. The van der Waals surface area contributed by atoms with Gasteiger partial charge in [-0.2, -0.15) is 0 Å². The Labute approximate surface area is 132 Å². The molecule has 2 heterocycles. The van der Waals surface area contributed by atoms with Gasteiger partial charge in [-0.3, -0.25) is 0 Å². The summed E-state index contributed by atoms with van der Waals surface area (Å²) in [5.74, 6) is 0.969. The van der Waals surface area contributed by atoms with Gasteiger partial charge in [0.05, 0.1) is 5.52 Å². The van der Waals surface area contributed by atoms with E-state index in [4.69, 9.17) is 0 Å². The van der Waals surface area contributed by atoms with E-state index in [1.807, 2.05) is 6.20 Å². The van der Waals surface area contributed by atoms with Crippen molar-refractivity contribution in [3.05, 3.63) is 58.9 Å². The smallest absolute Gasteiger partial charge is 0.150 e. The summed E-state index contributed by atoms with van der Waals surface area (Å²) in [7, 11) is 0. The maximum Gasteiger partial charge on any atom is 0.150 e. The monoisotopic (exact) mass is 293 g/mol. The van der Waals surface area contributed by atoms with Gasteiger partial charge in [0.25, 0.3) is 0 Å². The van der Waals surface area contributed by atoms with Crippen LogP contribution in [0.5, 0.6) is 0 Å². The maximum absolute atomic E-state index is 4.57. The molecule has 0 radical (unpaired) electrons. The number of aryl methyl sites for hydroxylation is 3. The lowest BCUT2D eigenvalue weighted by Gasteiger charge is -2.11. The van der Waals surface area contributed by atoms with Crippen LogP contribution in [0.2, 0.25) is 0 Å². The Balaban J connectivity index is 1.97. The molecule has 0 aliphatic carbocycles. The second-order valence-corrected chi connectivity index (χ2v) is 5.85. The zero-order valence-corrected chi connectivity index (χ0v) is 13.8. The number of fused-ring (bicyclic) bond motifs is 1. The quantitative estimate of drug-likeness (QED) is 0.762. The molecule has 1 aromatic carbocycles. The molecule has 0 unspecified atom stereocenters. The molecular weight excluding hydrogens is 270 g/mol. The fraction of sp³-hybridized carbons (Fsp3) is 0.316. The van der Waals surface area contributed by atoms with Crippen LogP contribution in [0.3, 0.4) is 0 Å². The first kappa shape index (κ1) is 14.6. The molecule has 0 amide bonds. The topological polar surface area (TPSA) is 29.9 Å². The van der Waals surface area contributed by atoms with Crippen LogP contribution in [-0.2, 0) is 13.1 Å². The lowest BCUT2D eigenvalue weighted by atomic mass is 10.1. The summed E-state index contributed by atoms with van der Waals surface area (Å²) in [6.45, 7) is 10.4. The highest BCUT2D eigenvalue weighted by molar-refractivity contribution is 5.93. The molecule has 0 atom stereocenters. The van der Waals surface area contributed by atoms with Crippen molar-refractivity contribution in [2.75, 3.05) is 5.32 Å². The van der Waals surface area contributed by atoms with Gasteiger partial charge in [0.2, 0.25) is 0 Å². The third-order valence-corrected chi connectivity index (χ3v) is 4.44. The number of benzene rings is 1. The lowest BCUT2D eigenvalue weighted by molar-refractivity contribution is 0.765. The van der Waals surface area contributed by atoms with Gasteiger partial charge in [-0.1, -0.05) is 29.8 Å². The first-order chi connectivity index (χ1) is 10.6. The highest BCUT2D eigenvalue weighted by Gasteiger charge is 2.13. The highest BCUT2D eigenvalue weighted by Crippen LogP contribution is 2.29. The van der Waals surface area contributed by atoms with Crippen molar-refractivity contribution in [2.24, 2.45) is 0 Å². The summed E-state index contributed by atoms with van der Waals surface area (Å²) in [5.41, 5.74) is 6.44. The third-order valence-electron chi connectivity index (χ3n) is 4.44. The predicted molar refractivity (Wildman–Crippen MR) is 93.4 cm³/mol. The van der Waals surface area contributed by atoms with E-state index < -0.39 is 0 Å². The molecule has 0 saturated heterocycles. The SMILES string of the molecule is CCn1c(C)c(C)c2ccnc(NCc3ccc(C)cc3)c21. The summed E-state index contributed by atoms with van der Waals surface area (Å²) >= 11 is 0. The van der Waals surface area contributed by atoms with Crippen LogP contribution in [0.15, 0.2) is 36.5 Å². The molecule has 114 valence electrons. The van der Waals surface area contributed by atoms with Crippen LogP contribution >= 0.6 is 0 Å². The van der Waals surface area contributed by atoms with Crippen LogP contribution in [-0.4, -0.2) is 9.55 Å². The Morgan fingerprint density at radius 1 is 1.05 bits per heavy atom. The molecule has 3 nitrogen and oxygen atoms in total. The number of anilines is 1. The first-order valence-electron chi connectivity index (χ1n) is 7.85. The molecule has 0 saturated carbocycles. The Morgan fingerprint density at radius 2 is 1.77 bits per heavy atom. The number of rotatable bonds is 4. The minimum atomic E-state index is 0.791. The van der Waals surface area contributed by atoms with E-state index in [2.05, 4.69) is 72.9 Å². The molecule has 3 aromatic rings. The van der Waals surface area contributed by atoms with Gasteiger partial charge in [0.1, 0.15) is 0 Å². The molecule has 3 heteroatoms. The molecule has 1 N–H and O–H groups in total. The van der Waals surface area contributed by atoms with E-state index in [0.717, 1.165) is 18.9 Å². The normalized spacial score (nSPS) is 11.1. The van der Waals surface area contributed by atoms with Gasteiger partial charge >= 0.3 is 0 Å². The van der Waals surface area contributed by atoms with Gasteiger partial charge in [0, 0.05) is 30.4 Å². The fourth-order valence-corrected chi connectivity index (χ4v) is 3.01. The Bertz CT molecular complexity index is 798. The molecule has 0 spiro atoms. The van der Waals surface area contributed by atoms with E-state index in [1.54, 1.807) is 0 Å². The van der Waals surface area contributed by atoms with E-state index >= 15 is 0 Å². The Hall–Kier alpha value is -2.29. The van der Waals surface area contributed by atoms with Crippen molar-refractivity contribution in [2.45, 2.75) is 40.8 Å². The number of nitrogens with one attached hydrogen (secondary N) is 1. The van der Waals surface area contributed by atoms with Crippen molar-refractivity contribution in [1.29, 1.82) is 0 Å². The largest absolute Gasteiger partial charge is 0.364 e. The standard InChI is InChI=1S/C19H23N3/c1-5-22-15(4)14(3)17-10-11-20-19(18(17)22)21-12-16-8-6-13(2)7-9-16/h6-11H,5,12H2,1-4H3,(H,20,21). The van der Waals surface area contributed by atoms with Crippen molar-refractivity contribution in [3.8, 4) is 0 Å². The van der Waals surface area contributed by atoms with Crippen LogP contribution in [0.4, 0.5) is 5.82 Å². The van der Waals surface area contributed by atoms with Gasteiger partial charge < -0.3 is 9.88 Å². The van der Waals surface area contributed by atoms with Gasteiger partial charge in [-0.15, -0.1) is 0 Å². The van der Waals surface area contributed by atoms with Crippen LogP contribution in [0.1, 0.15) is 29.3 Å². The number of aromatic nitrogens is 2. The van der Waals surface area contributed by atoms with Crippen molar-refractivity contribution in [1.82, 2.24) is 9.55 Å². The zero-order chi connectivity index (χ0) is 15.7. The Kier molecular flexibility index (Phi) is 3.88. The molecule has 0 bridgehead atoms. The zero-order valence-electron chi connectivity index (χ0n) is 13.8. The molecular formula is C19H23N3. The van der Waals surface area contributed by atoms with Crippen LogP contribution in [0.25, 0.3) is 10.9 Å². The van der Waals surface area contributed by atoms with Gasteiger partial charge in [-0.25, -0.2) is 4.98 Å². The molecule has 3 rings (SSSR count). The van der Waals surface area contributed by atoms with E-state index in [1.165, 1.54) is 33.3 Å². The molecule has 0 fully saturated rings. The molecule has 2 aromatic heterocycles. The summed E-state index contributed by atoms with van der Waals surface area (Å²) < 4.78 is 2.34.